The van der Waals surface area contributed by atoms with E-state index in [4.69, 9.17) is 4.74 Å². The highest BCUT2D eigenvalue weighted by molar-refractivity contribution is 7.89. The van der Waals surface area contributed by atoms with E-state index in [1.54, 1.807) is 18.3 Å². The molecule has 3 rings (SSSR count). The number of rotatable bonds is 6. The Morgan fingerprint density at radius 2 is 1.84 bits per heavy atom. The van der Waals surface area contributed by atoms with Gasteiger partial charge in [-0.05, 0) is 42.8 Å². The largest absolute Gasteiger partial charge is 0.497 e. The van der Waals surface area contributed by atoms with Gasteiger partial charge in [-0.15, -0.1) is 0 Å². The van der Waals surface area contributed by atoms with Crippen LogP contribution in [0.15, 0.2) is 65.8 Å². The quantitative estimate of drug-likeness (QED) is 0.736. The number of para-hydroxylation sites is 1. The number of sulfonamides is 1. The van der Waals surface area contributed by atoms with Crippen molar-refractivity contribution in [3.63, 3.8) is 0 Å². The minimum absolute atomic E-state index is 0.183. The van der Waals surface area contributed by atoms with Crippen LogP contribution in [0.4, 0.5) is 0 Å². The van der Waals surface area contributed by atoms with Crippen molar-refractivity contribution < 1.29 is 13.2 Å². The Morgan fingerprint density at radius 3 is 2.48 bits per heavy atom. The Bertz CT molecular complexity index is 963. The second-order valence-corrected chi connectivity index (χ2v) is 7.24. The predicted molar refractivity (Wildman–Crippen MR) is 95.3 cm³/mol. The maximum atomic E-state index is 12.5. The highest BCUT2D eigenvalue weighted by Crippen LogP contribution is 2.18. The third-order valence-corrected chi connectivity index (χ3v) is 5.32. The molecule has 0 spiro atoms. The van der Waals surface area contributed by atoms with Gasteiger partial charge < -0.3 is 9.30 Å². The van der Waals surface area contributed by atoms with Crippen molar-refractivity contribution in [3.05, 3.63) is 72.3 Å². The molecule has 0 radical (unpaired) electrons. The Kier molecular flexibility index (Phi) is 4.87. The molecule has 0 aliphatic carbocycles. The van der Waals surface area contributed by atoms with Crippen LogP contribution in [0.3, 0.4) is 0 Å². The third kappa shape index (κ3) is 3.72. The van der Waals surface area contributed by atoms with Crippen molar-refractivity contribution in [3.8, 4) is 11.4 Å². The average molecular weight is 357 g/mol. The Morgan fingerprint density at radius 1 is 1.12 bits per heavy atom. The highest BCUT2D eigenvalue weighted by Gasteiger charge is 2.15. The average Bonchev–Trinajstić information content (AvgIpc) is 3.06. The first-order chi connectivity index (χ1) is 12.0. The van der Waals surface area contributed by atoms with E-state index in [9.17, 15) is 8.42 Å². The summed E-state index contributed by atoms with van der Waals surface area (Å²) in [4.78, 5) is 4.42. The Hall–Kier alpha value is -2.64. The van der Waals surface area contributed by atoms with E-state index in [0.717, 1.165) is 17.1 Å². The van der Waals surface area contributed by atoms with E-state index >= 15 is 0 Å². The zero-order valence-electron chi connectivity index (χ0n) is 14.0. The second kappa shape index (κ2) is 7.08. The van der Waals surface area contributed by atoms with Gasteiger partial charge in [0, 0.05) is 18.9 Å². The van der Waals surface area contributed by atoms with Crippen LogP contribution in [-0.2, 0) is 16.6 Å². The van der Waals surface area contributed by atoms with Gasteiger partial charge in [0.2, 0.25) is 10.0 Å². The lowest BCUT2D eigenvalue weighted by atomic mass is 10.2. The number of benzene rings is 2. The van der Waals surface area contributed by atoms with Crippen LogP contribution in [0.2, 0.25) is 0 Å². The molecule has 0 fully saturated rings. The van der Waals surface area contributed by atoms with Crippen LogP contribution < -0.4 is 9.46 Å². The molecule has 1 N–H and O–H groups in total. The molecule has 2 aromatic carbocycles. The zero-order chi connectivity index (χ0) is 17.9. The summed E-state index contributed by atoms with van der Waals surface area (Å²) in [6, 6.07) is 13.9. The van der Waals surface area contributed by atoms with Crippen LogP contribution in [0.25, 0.3) is 5.69 Å². The van der Waals surface area contributed by atoms with E-state index in [-0.39, 0.29) is 11.4 Å². The second-order valence-electron chi connectivity index (χ2n) is 5.47. The molecule has 0 saturated carbocycles. The molecular formula is C18H19N3O3S. The number of aromatic nitrogens is 2. The van der Waals surface area contributed by atoms with E-state index in [2.05, 4.69) is 9.71 Å². The summed E-state index contributed by atoms with van der Waals surface area (Å²) in [5, 5.41) is 0. The molecular weight excluding hydrogens is 338 g/mol. The maximum absolute atomic E-state index is 12.5. The molecule has 130 valence electrons. The van der Waals surface area contributed by atoms with Gasteiger partial charge in [-0.1, -0.05) is 18.2 Å². The van der Waals surface area contributed by atoms with Crippen LogP contribution in [0, 0.1) is 6.92 Å². The fraction of sp³-hybridized carbons (Fsp3) is 0.167. The fourth-order valence-electron chi connectivity index (χ4n) is 2.54. The fourth-order valence-corrected chi connectivity index (χ4v) is 3.55. The molecule has 0 aliphatic rings. The lowest BCUT2D eigenvalue weighted by Gasteiger charge is -2.13. The molecule has 25 heavy (non-hydrogen) atoms. The van der Waals surface area contributed by atoms with Crippen molar-refractivity contribution in [2.45, 2.75) is 18.4 Å². The van der Waals surface area contributed by atoms with Crippen molar-refractivity contribution in [2.75, 3.05) is 7.11 Å². The Balaban J connectivity index is 1.83. The number of nitrogens with one attached hydrogen (secondary N) is 1. The predicted octanol–water partition coefficient (Wildman–Crippen LogP) is 2.67. The van der Waals surface area contributed by atoms with Crippen LogP contribution in [-0.4, -0.2) is 25.1 Å². The number of ether oxygens (including phenoxy) is 1. The van der Waals surface area contributed by atoms with Gasteiger partial charge in [0.15, 0.2) is 0 Å². The van der Waals surface area contributed by atoms with Gasteiger partial charge in [0.25, 0.3) is 0 Å². The lowest BCUT2D eigenvalue weighted by molar-refractivity contribution is 0.414. The van der Waals surface area contributed by atoms with E-state index < -0.39 is 10.0 Å². The summed E-state index contributed by atoms with van der Waals surface area (Å²) < 4.78 is 34.6. The number of methoxy groups -OCH3 is 1. The molecule has 0 atom stereocenters. The summed E-state index contributed by atoms with van der Waals surface area (Å²) in [6.07, 6.45) is 3.57. The number of aryl methyl sites for hydroxylation is 1. The molecule has 0 unspecified atom stereocenters. The van der Waals surface area contributed by atoms with Gasteiger partial charge in [-0.3, -0.25) is 0 Å². The van der Waals surface area contributed by atoms with E-state index in [1.807, 2.05) is 42.0 Å². The smallest absolute Gasteiger partial charge is 0.240 e. The van der Waals surface area contributed by atoms with E-state index in [0.29, 0.717) is 5.75 Å². The van der Waals surface area contributed by atoms with Crippen molar-refractivity contribution in [1.29, 1.82) is 0 Å². The van der Waals surface area contributed by atoms with Gasteiger partial charge in [0.05, 0.1) is 17.7 Å². The first-order valence-corrected chi connectivity index (χ1v) is 9.21. The van der Waals surface area contributed by atoms with Crippen molar-refractivity contribution in [1.82, 2.24) is 14.3 Å². The first kappa shape index (κ1) is 17.2. The number of hydrogen-bond acceptors (Lipinski definition) is 4. The maximum Gasteiger partial charge on any atom is 0.240 e. The molecule has 3 aromatic rings. The number of nitrogens with zero attached hydrogens (tertiary/aromatic N) is 2. The first-order valence-electron chi connectivity index (χ1n) is 7.73. The van der Waals surface area contributed by atoms with Crippen LogP contribution in [0.5, 0.6) is 5.75 Å². The molecule has 0 saturated heterocycles. The standard InChI is InChI=1S/C18H19N3O3S/c1-14-19-11-12-21(14)18-6-4-3-5-15(18)13-20-25(22,23)17-9-7-16(24-2)8-10-17/h3-12,20H,13H2,1-2H3. The van der Waals surface area contributed by atoms with Gasteiger partial charge in [0.1, 0.15) is 11.6 Å². The van der Waals surface area contributed by atoms with Gasteiger partial charge >= 0.3 is 0 Å². The topological polar surface area (TPSA) is 73.2 Å². The molecule has 1 aromatic heterocycles. The molecule has 0 aliphatic heterocycles. The highest BCUT2D eigenvalue weighted by atomic mass is 32.2. The third-order valence-electron chi connectivity index (χ3n) is 3.90. The zero-order valence-corrected chi connectivity index (χ0v) is 14.8. The SMILES string of the molecule is COc1ccc(S(=O)(=O)NCc2ccccc2-n2ccnc2C)cc1. The summed E-state index contributed by atoms with van der Waals surface area (Å²) in [6.45, 7) is 2.08. The summed E-state index contributed by atoms with van der Waals surface area (Å²) in [5.41, 5.74) is 1.76. The van der Waals surface area contributed by atoms with Crippen molar-refractivity contribution >= 4 is 10.0 Å². The summed E-state index contributed by atoms with van der Waals surface area (Å²) in [5.74, 6) is 1.45. The summed E-state index contributed by atoms with van der Waals surface area (Å²) >= 11 is 0. The van der Waals surface area contributed by atoms with Crippen LogP contribution in [0.1, 0.15) is 11.4 Å². The molecule has 7 heteroatoms. The van der Waals surface area contributed by atoms with E-state index in [1.165, 1.54) is 19.2 Å². The summed E-state index contributed by atoms with van der Waals surface area (Å²) in [7, 11) is -2.07. The monoisotopic (exact) mass is 357 g/mol. The molecule has 6 nitrogen and oxygen atoms in total. The van der Waals surface area contributed by atoms with Crippen LogP contribution >= 0.6 is 0 Å². The Labute approximate surface area is 147 Å². The minimum Gasteiger partial charge on any atom is -0.497 e. The lowest BCUT2D eigenvalue weighted by Crippen LogP contribution is -2.24. The minimum atomic E-state index is -3.61. The van der Waals surface area contributed by atoms with Gasteiger partial charge in [-0.25, -0.2) is 18.1 Å². The number of hydrogen-bond donors (Lipinski definition) is 1. The molecule has 0 amide bonds. The normalized spacial score (nSPS) is 11.4. The van der Waals surface area contributed by atoms with Crippen molar-refractivity contribution in [2.24, 2.45) is 0 Å². The molecule has 1 heterocycles. The van der Waals surface area contributed by atoms with Gasteiger partial charge in [-0.2, -0.15) is 0 Å². The molecule has 0 bridgehead atoms. The number of imidazole rings is 1.